The van der Waals surface area contributed by atoms with Crippen molar-refractivity contribution in [2.75, 3.05) is 36.6 Å². The van der Waals surface area contributed by atoms with Gasteiger partial charge in [0.1, 0.15) is 4.90 Å². The molecule has 0 saturated heterocycles. The van der Waals surface area contributed by atoms with Crippen LogP contribution in [0.1, 0.15) is 0 Å². The van der Waals surface area contributed by atoms with Gasteiger partial charge in [-0.15, -0.1) is 0 Å². The molecule has 0 aliphatic heterocycles. The third kappa shape index (κ3) is 4.32. The number of para-hydroxylation sites is 1. The molecule has 10 nitrogen and oxygen atoms in total. The van der Waals surface area contributed by atoms with E-state index < -0.39 is 20.0 Å². The van der Waals surface area contributed by atoms with Gasteiger partial charge in [0.2, 0.25) is 27.7 Å². The van der Waals surface area contributed by atoms with Crippen molar-refractivity contribution in [1.82, 2.24) is 9.97 Å². The number of nitrogens with one attached hydrogen (secondary N) is 1. The first-order valence-corrected chi connectivity index (χ1v) is 10.4. The average molecular weight is 402 g/mol. The van der Waals surface area contributed by atoms with Gasteiger partial charge < -0.3 is 9.47 Å². The second-order valence-corrected chi connectivity index (χ2v) is 8.74. The Balaban J connectivity index is 2.50. The molecule has 0 saturated carbocycles. The Labute approximate surface area is 151 Å². The van der Waals surface area contributed by atoms with E-state index in [-0.39, 0.29) is 28.3 Å². The van der Waals surface area contributed by atoms with Gasteiger partial charge in [0.25, 0.3) is 10.0 Å². The minimum Gasteiger partial charge on any atom is -0.481 e. The lowest BCUT2D eigenvalue weighted by molar-refractivity contribution is 0.373. The van der Waals surface area contributed by atoms with E-state index in [1.807, 2.05) is 0 Å². The minimum atomic E-state index is -4.19. The van der Waals surface area contributed by atoms with Gasteiger partial charge in [-0.2, -0.15) is 9.97 Å². The van der Waals surface area contributed by atoms with E-state index in [0.717, 1.165) is 10.6 Å². The summed E-state index contributed by atoms with van der Waals surface area (Å²) >= 11 is 0. The van der Waals surface area contributed by atoms with Crippen LogP contribution in [0.5, 0.6) is 11.8 Å². The van der Waals surface area contributed by atoms with Crippen LogP contribution >= 0.6 is 0 Å². The van der Waals surface area contributed by atoms with Crippen LogP contribution in [0.3, 0.4) is 0 Å². The third-order valence-corrected chi connectivity index (χ3v) is 5.88. The Morgan fingerprint density at radius 3 is 2.04 bits per heavy atom. The molecule has 26 heavy (non-hydrogen) atoms. The smallest absolute Gasteiger partial charge is 0.266 e. The van der Waals surface area contributed by atoms with Gasteiger partial charge in [-0.3, -0.25) is 4.31 Å². The predicted molar refractivity (Wildman–Crippen MR) is 95.6 cm³/mol. The fourth-order valence-corrected chi connectivity index (χ4v) is 3.71. The second-order valence-electron chi connectivity index (χ2n) is 5.08. The number of benzene rings is 1. The molecule has 142 valence electrons. The molecular weight excluding hydrogens is 384 g/mol. The number of hydrogen-bond acceptors (Lipinski definition) is 8. The number of anilines is 2. The normalized spacial score (nSPS) is 11.7. The van der Waals surface area contributed by atoms with Crippen molar-refractivity contribution in [1.29, 1.82) is 0 Å². The van der Waals surface area contributed by atoms with E-state index in [4.69, 9.17) is 9.47 Å². The highest BCUT2D eigenvalue weighted by Gasteiger charge is 2.25. The van der Waals surface area contributed by atoms with Crippen LogP contribution in [0.2, 0.25) is 0 Å². The number of hydrogen-bond donors (Lipinski definition) is 1. The number of nitrogens with zero attached hydrogens (tertiary/aromatic N) is 3. The van der Waals surface area contributed by atoms with Crippen molar-refractivity contribution >= 4 is 31.7 Å². The summed E-state index contributed by atoms with van der Waals surface area (Å²) in [4.78, 5) is 7.55. The summed E-state index contributed by atoms with van der Waals surface area (Å²) < 4.78 is 62.1. The Morgan fingerprint density at radius 1 is 1.00 bits per heavy atom. The highest BCUT2D eigenvalue weighted by molar-refractivity contribution is 7.93. The van der Waals surface area contributed by atoms with E-state index in [2.05, 4.69) is 14.7 Å². The fourth-order valence-electron chi connectivity index (χ4n) is 1.96. The summed E-state index contributed by atoms with van der Waals surface area (Å²) in [5.74, 6) is -0.0924. The lowest BCUT2D eigenvalue weighted by atomic mass is 10.3. The SMILES string of the molecule is COc1cc(OC)nc(NS(=O)(=O)c2ccccc2N(C)S(C)(=O)=O)n1. The van der Waals surface area contributed by atoms with Crippen molar-refractivity contribution in [2.24, 2.45) is 0 Å². The lowest BCUT2D eigenvalue weighted by Crippen LogP contribution is -2.27. The first-order valence-electron chi connectivity index (χ1n) is 7.11. The zero-order valence-corrected chi connectivity index (χ0v) is 16.1. The van der Waals surface area contributed by atoms with Crippen LogP contribution in [-0.2, 0) is 20.0 Å². The van der Waals surface area contributed by atoms with Crippen LogP contribution in [0.25, 0.3) is 0 Å². The zero-order chi connectivity index (χ0) is 19.5. The molecule has 1 aromatic heterocycles. The van der Waals surface area contributed by atoms with E-state index in [1.54, 1.807) is 0 Å². The number of rotatable bonds is 7. The summed E-state index contributed by atoms with van der Waals surface area (Å²) in [5.41, 5.74) is -0.0163. The molecule has 0 unspecified atom stereocenters. The van der Waals surface area contributed by atoms with E-state index in [9.17, 15) is 16.8 Å². The molecule has 0 fully saturated rings. The summed E-state index contributed by atoms with van der Waals surface area (Å²) in [5, 5.41) is 0. The quantitative estimate of drug-likeness (QED) is 0.716. The van der Waals surface area contributed by atoms with Crippen LogP contribution in [0, 0.1) is 0 Å². The maximum Gasteiger partial charge on any atom is 0.266 e. The van der Waals surface area contributed by atoms with Gasteiger partial charge >= 0.3 is 0 Å². The maximum atomic E-state index is 12.8. The molecule has 12 heteroatoms. The van der Waals surface area contributed by atoms with Crippen LogP contribution in [0.15, 0.2) is 35.2 Å². The summed E-state index contributed by atoms with van der Waals surface area (Å²) in [7, 11) is -3.88. The van der Waals surface area contributed by atoms with Gasteiger partial charge in [0.15, 0.2) is 0 Å². The molecule has 0 aliphatic rings. The Morgan fingerprint density at radius 2 is 1.54 bits per heavy atom. The van der Waals surface area contributed by atoms with Crippen molar-refractivity contribution < 1.29 is 26.3 Å². The second kappa shape index (κ2) is 7.33. The maximum absolute atomic E-state index is 12.8. The monoisotopic (exact) mass is 402 g/mol. The fraction of sp³-hybridized carbons (Fsp3) is 0.286. The molecule has 1 aromatic carbocycles. The van der Waals surface area contributed by atoms with Gasteiger partial charge in [-0.1, -0.05) is 12.1 Å². The lowest BCUT2D eigenvalue weighted by Gasteiger charge is -2.20. The molecule has 0 aliphatic carbocycles. The molecule has 2 rings (SSSR count). The van der Waals surface area contributed by atoms with Crippen LogP contribution < -0.4 is 18.5 Å². The van der Waals surface area contributed by atoms with Gasteiger partial charge in [0.05, 0.1) is 32.2 Å². The van der Waals surface area contributed by atoms with Gasteiger partial charge in [-0.05, 0) is 12.1 Å². The van der Waals surface area contributed by atoms with Crippen LogP contribution in [0.4, 0.5) is 11.6 Å². The molecule has 0 amide bonds. The molecule has 1 N–H and O–H groups in total. The molecule has 1 heterocycles. The highest BCUT2D eigenvalue weighted by Crippen LogP contribution is 2.27. The van der Waals surface area contributed by atoms with Crippen LogP contribution in [-0.4, -0.2) is 54.3 Å². The number of aromatic nitrogens is 2. The van der Waals surface area contributed by atoms with Gasteiger partial charge in [0, 0.05) is 7.05 Å². The molecular formula is C14H18N4O6S2. The first kappa shape index (κ1) is 19.7. The minimum absolute atomic E-state index is 0.0163. The largest absolute Gasteiger partial charge is 0.481 e. The highest BCUT2D eigenvalue weighted by atomic mass is 32.2. The molecule has 0 bridgehead atoms. The Bertz CT molecular complexity index is 986. The van der Waals surface area contributed by atoms with Gasteiger partial charge in [-0.25, -0.2) is 21.6 Å². The standard InChI is InChI=1S/C14H18N4O6S2/c1-18(25(4,19)20)10-7-5-6-8-11(10)26(21,22)17-14-15-12(23-2)9-13(16-14)24-3/h5-9H,1-4H3,(H,15,16,17). The molecule has 0 atom stereocenters. The van der Waals surface area contributed by atoms with E-state index in [1.165, 1.54) is 51.6 Å². The van der Waals surface area contributed by atoms with E-state index in [0.29, 0.717) is 0 Å². The summed E-state index contributed by atoms with van der Waals surface area (Å²) in [6.45, 7) is 0. The summed E-state index contributed by atoms with van der Waals surface area (Å²) in [6, 6.07) is 7.03. The molecule has 2 aromatic rings. The van der Waals surface area contributed by atoms with E-state index >= 15 is 0 Å². The molecule has 0 radical (unpaired) electrons. The average Bonchev–Trinajstić information content (AvgIpc) is 2.59. The van der Waals surface area contributed by atoms with Crippen molar-refractivity contribution in [3.05, 3.63) is 30.3 Å². The number of sulfonamides is 2. The predicted octanol–water partition coefficient (Wildman–Crippen LogP) is 0.690. The van der Waals surface area contributed by atoms with Crippen molar-refractivity contribution in [3.8, 4) is 11.8 Å². The third-order valence-electron chi connectivity index (χ3n) is 3.31. The Kier molecular flexibility index (Phi) is 5.56. The van der Waals surface area contributed by atoms with Crippen molar-refractivity contribution in [3.63, 3.8) is 0 Å². The number of ether oxygens (including phenoxy) is 2. The molecule has 0 spiro atoms. The Hall–Kier alpha value is -2.60. The summed E-state index contributed by atoms with van der Waals surface area (Å²) in [6.07, 6.45) is 0.972. The van der Waals surface area contributed by atoms with Crippen molar-refractivity contribution in [2.45, 2.75) is 4.90 Å². The zero-order valence-electron chi connectivity index (χ0n) is 14.5. The first-order chi connectivity index (χ1) is 12.1. The number of methoxy groups -OCH3 is 2. The topological polar surface area (TPSA) is 128 Å².